The minimum atomic E-state index is -3.75. The van der Waals surface area contributed by atoms with Gasteiger partial charge in [0.25, 0.3) is 15.9 Å². The van der Waals surface area contributed by atoms with Gasteiger partial charge in [-0.25, -0.2) is 13.4 Å². The molecule has 2 aromatic rings. The lowest BCUT2D eigenvalue weighted by atomic mass is 10.1. The first-order valence-corrected chi connectivity index (χ1v) is 9.96. The molecule has 6 nitrogen and oxygen atoms in total. The van der Waals surface area contributed by atoms with Crippen LogP contribution in [0.1, 0.15) is 38.5 Å². The second-order valence-corrected chi connectivity index (χ2v) is 8.61. The first kappa shape index (κ1) is 16.9. The van der Waals surface area contributed by atoms with E-state index < -0.39 is 10.0 Å². The van der Waals surface area contributed by atoms with Crippen LogP contribution >= 0.6 is 11.3 Å². The number of fused-ring (bicyclic) bond motifs is 1. The van der Waals surface area contributed by atoms with E-state index in [-0.39, 0.29) is 15.9 Å². The van der Waals surface area contributed by atoms with Crippen molar-refractivity contribution >= 4 is 32.4 Å². The molecule has 1 amide bonds. The first-order valence-electron chi connectivity index (χ1n) is 7.66. The highest BCUT2D eigenvalue weighted by molar-refractivity contribution is 7.93. The van der Waals surface area contributed by atoms with Gasteiger partial charge in [-0.1, -0.05) is 29.0 Å². The Hall–Kier alpha value is -1.93. The van der Waals surface area contributed by atoms with E-state index in [9.17, 15) is 13.2 Å². The summed E-state index contributed by atoms with van der Waals surface area (Å²) in [6.07, 6.45) is 1.46. The van der Waals surface area contributed by atoms with E-state index in [0.717, 1.165) is 23.3 Å². The zero-order valence-corrected chi connectivity index (χ0v) is 15.4. The summed E-state index contributed by atoms with van der Waals surface area (Å²) in [5, 5.41) is 3.02. The Morgan fingerprint density at radius 3 is 2.54 bits per heavy atom. The van der Waals surface area contributed by atoms with Gasteiger partial charge in [-0.3, -0.25) is 9.52 Å². The summed E-state index contributed by atoms with van der Waals surface area (Å²) in [6, 6.07) is 3.68. The summed E-state index contributed by atoms with van der Waals surface area (Å²) in [4.78, 5) is 17.1. The molecule has 0 radical (unpaired) electrons. The zero-order valence-electron chi connectivity index (χ0n) is 13.8. The Balaban J connectivity index is 1.97. The number of carbonyl (C=O) groups is 1. The fourth-order valence-corrected chi connectivity index (χ4v) is 5.66. The van der Waals surface area contributed by atoms with Gasteiger partial charge in [-0.2, -0.15) is 0 Å². The lowest BCUT2D eigenvalue weighted by molar-refractivity contribution is 0.0960. The summed E-state index contributed by atoms with van der Waals surface area (Å²) in [5.41, 5.74) is 3.05. The highest BCUT2D eigenvalue weighted by atomic mass is 32.2. The maximum Gasteiger partial charge on any atom is 0.264 e. The third-order valence-electron chi connectivity index (χ3n) is 3.87. The van der Waals surface area contributed by atoms with E-state index in [0.29, 0.717) is 34.7 Å². The fraction of sp³-hybridized carbons (Fsp3) is 0.375. The van der Waals surface area contributed by atoms with Crippen molar-refractivity contribution in [3.05, 3.63) is 39.4 Å². The number of aromatic nitrogens is 1. The molecule has 0 aliphatic carbocycles. The molecule has 2 heterocycles. The van der Waals surface area contributed by atoms with Crippen LogP contribution in [0.25, 0.3) is 0 Å². The molecule has 0 unspecified atom stereocenters. The van der Waals surface area contributed by atoms with Gasteiger partial charge in [0.2, 0.25) is 0 Å². The average molecular weight is 365 g/mol. The van der Waals surface area contributed by atoms with Gasteiger partial charge >= 0.3 is 0 Å². The second kappa shape index (κ2) is 6.18. The van der Waals surface area contributed by atoms with E-state index in [1.165, 1.54) is 0 Å². The maximum absolute atomic E-state index is 12.8. The van der Waals surface area contributed by atoms with Crippen LogP contribution in [-0.4, -0.2) is 25.9 Å². The van der Waals surface area contributed by atoms with Crippen molar-refractivity contribution < 1.29 is 13.2 Å². The molecule has 128 valence electrons. The number of carbonyl (C=O) groups excluding carboxylic acids is 1. The standard InChI is InChI=1S/C16H19N3O3S2/c1-9-7-10(2)14(11(3)8-9)24(21,22)19-16-18-12-5-4-6-17-15(20)13(12)23-16/h7-8H,4-6H2,1-3H3,(H,17,20)(H,18,19). The smallest absolute Gasteiger partial charge is 0.264 e. The quantitative estimate of drug-likeness (QED) is 0.875. The summed E-state index contributed by atoms with van der Waals surface area (Å²) in [5.74, 6) is -0.187. The molecule has 0 saturated heterocycles. The highest BCUT2D eigenvalue weighted by Crippen LogP contribution is 2.29. The molecule has 1 aliphatic heterocycles. The molecule has 1 aliphatic rings. The van der Waals surface area contributed by atoms with Crippen LogP contribution in [0.2, 0.25) is 0 Å². The van der Waals surface area contributed by atoms with Crippen molar-refractivity contribution in [2.75, 3.05) is 11.3 Å². The number of thiazole rings is 1. The summed E-state index contributed by atoms with van der Waals surface area (Å²) >= 11 is 1.08. The lowest BCUT2D eigenvalue weighted by Gasteiger charge is -2.12. The van der Waals surface area contributed by atoms with E-state index in [2.05, 4.69) is 15.0 Å². The maximum atomic E-state index is 12.8. The minimum Gasteiger partial charge on any atom is -0.351 e. The number of hydrogen-bond acceptors (Lipinski definition) is 5. The number of sulfonamides is 1. The number of anilines is 1. The van der Waals surface area contributed by atoms with Crippen molar-refractivity contribution in [2.45, 2.75) is 38.5 Å². The molecule has 2 N–H and O–H groups in total. The van der Waals surface area contributed by atoms with Crippen LogP contribution < -0.4 is 10.0 Å². The largest absolute Gasteiger partial charge is 0.351 e. The van der Waals surface area contributed by atoms with Gasteiger partial charge in [-0.15, -0.1) is 0 Å². The fourth-order valence-electron chi connectivity index (χ4n) is 3.04. The van der Waals surface area contributed by atoms with Gasteiger partial charge in [0.05, 0.1) is 10.6 Å². The van der Waals surface area contributed by atoms with Crippen molar-refractivity contribution in [2.24, 2.45) is 0 Å². The first-order chi connectivity index (χ1) is 11.3. The minimum absolute atomic E-state index is 0.187. The molecule has 0 saturated carbocycles. The Kier molecular flexibility index (Phi) is 4.35. The van der Waals surface area contributed by atoms with Gasteiger partial charge < -0.3 is 5.32 Å². The Morgan fingerprint density at radius 2 is 1.88 bits per heavy atom. The number of amides is 1. The molecular weight excluding hydrogens is 346 g/mol. The number of aryl methyl sites for hydroxylation is 4. The highest BCUT2D eigenvalue weighted by Gasteiger charge is 2.25. The topological polar surface area (TPSA) is 88.2 Å². The summed E-state index contributed by atoms with van der Waals surface area (Å²) in [6.45, 7) is 6.10. The number of benzene rings is 1. The zero-order chi connectivity index (χ0) is 17.5. The van der Waals surface area contributed by atoms with Crippen molar-refractivity contribution in [3.63, 3.8) is 0 Å². The predicted molar refractivity (Wildman–Crippen MR) is 94.2 cm³/mol. The molecule has 0 atom stereocenters. The average Bonchev–Trinajstić information content (AvgIpc) is 2.76. The van der Waals surface area contributed by atoms with Crippen molar-refractivity contribution in [1.29, 1.82) is 0 Å². The molecule has 0 spiro atoms. The van der Waals surface area contributed by atoms with E-state index in [1.54, 1.807) is 13.8 Å². The van der Waals surface area contributed by atoms with E-state index in [4.69, 9.17) is 0 Å². The van der Waals surface area contributed by atoms with Crippen LogP contribution in [0.15, 0.2) is 17.0 Å². The van der Waals surface area contributed by atoms with Gasteiger partial charge in [0.1, 0.15) is 4.88 Å². The van der Waals surface area contributed by atoms with Gasteiger partial charge in [0.15, 0.2) is 5.13 Å². The SMILES string of the molecule is Cc1cc(C)c(S(=O)(=O)Nc2nc3c(s2)C(=O)NCCC3)c(C)c1. The monoisotopic (exact) mass is 365 g/mol. The third-order valence-corrected chi connectivity index (χ3v) is 6.66. The van der Waals surface area contributed by atoms with Crippen LogP contribution in [0.4, 0.5) is 5.13 Å². The Morgan fingerprint density at radius 1 is 1.21 bits per heavy atom. The van der Waals surface area contributed by atoms with Crippen molar-refractivity contribution in [1.82, 2.24) is 10.3 Å². The lowest BCUT2D eigenvalue weighted by Crippen LogP contribution is -2.21. The second-order valence-electron chi connectivity index (χ2n) is 5.99. The van der Waals surface area contributed by atoms with Crippen molar-refractivity contribution in [3.8, 4) is 0 Å². The molecule has 8 heteroatoms. The number of hydrogen-bond donors (Lipinski definition) is 2. The van der Waals surface area contributed by atoms with Crippen LogP contribution in [0, 0.1) is 20.8 Å². The molecule has 1 aromatic carbocycles. The molecule has 0 bridgehead atoms. The van der Waals surface area contributed by atoms with Crippen LogP contribution in [0.5, 0.6) is 0 Å². The molecular formula is C16H19N3O3S2. The molecule has 1 aromatic heterocycles. The van der Waals surface area contributed by atoms with Gasteiger partial charge in [0, 0.05) is 6.54 Å². The number of nitrogens with one attached hydrogen (secondary N) is 2. The Bertz CT molecular complexity index is 894. The van der Waals surface area contributed by atoms with Crippen LogP contribution in [0.3, 0.4) is 0 Å². The molecule has 24 heavy (non-hydrogen) atoms. The van der Waals surface area contributed by atoms with E-state index in [1.807, 2.05) is 19.1 Å². The number of rotatable bonds is 3. The molecule has 3 rings (SSSR count). The normalized spacial score (nSPS) is 14.7. The summed E-state index contributed by atoms with van der Waals surface area (Å²) in [7, 11) is -3.75. The van der Waals surface area contributed by atoms with Gasteiger partial charge in [-0.05, 0) is 44.7 Å². The third kappa shape index (κ3) is 3.16. The predicted octanol–water partition coefficient (Wildman–Crippen LogP) is 2.55. The summed E-state index contributed by atoms with van der Waals surface area (Å²) < 4.78 is 28.1. The number of nitrogens with zero attached hydrogens (tertiary/aromatic N) is 1. The van der Waals surface area contributed by atoms with E-state index >= 15 is 0 Å². The Labute approximate surface area is 145 Å². The van der Waals surface area contributed by atoms with Crippen LogP contribution in [-0.2, 0) is 16.4 Å². The molecule has 0 fully saturated rings.